The van der Waals surface area contributed by atoms with Crippen LogP contribution in [-0.4, -0.2) is 63.2 Å². The van der Waals surface area contributed by atoms with Gasteiger partial charge in [0.15, 0.2) is 0 Å². The molecule has 0 aromatic heterocycles. The summed E-state index contributed by atoms with van der Waals surface area (Å²) in [6.07, 6.45) is 2.63. The molecule has 0 aromatic rings. The van der Waals surface area contributed by atoms with Crippen LogP contribution in [0.3, 0.4) is 0 Å². The van der Waals surface area contributed by atoms with Crippen LogP contribution in [0.15, 0.2) is 12.2 Å². The number of fused-ring (bicyclic) bond motifs is 1. The molecule has 0 aromatic carbocycles. The maximum atomic E-state index is 12.9. The lowest BCUT2D eigenvalue weighted by Gasteiger charge is -2.69. The van der Waals surface area contributed by atoms with Gasteiger partial charge in [0.05, 0.1) is 5.92 Å². The summed E-state index contributed by atoms with van der Waals surface area (Å²) in [5.41, 5.74) is -2.74. The van der Waals surface area contributed by atoms with Gasteiger partial charge in [0.25, 0.3) is 0 Å². The Morgan fingerprint density at radius 1 is 1.18 bits per heavy atom. The lowest BCUT2D eigenvalue weighted by molar-refractivity contribution is -0.305. The van der Waals surface area contributed by atoms with Gasteiger partial charge in [-0.15, -0.1) is 0 Å². The van der Waals surface area contributed by atoms with Crippen molar-refractivity contribution < 1.29 is 29.3 Å². The smallest absolute Gasteiger partial charge is 0.308 e. The Hall–Kier alpha value is -1.44. The van der Waals surface area contributed by atoms with Gasteiger partial charge in [0.2, 0.25) is 0 Å². The Balaban J connectivity index is 1.48. The quantitative estimate of drug-likeness (QED) is 0.494. The molecular weight excluding hydrogens is 422 g/mol. The van der Waals surface area contributed by atoms with Gasteiger partial charge in [-0.2, -0.15) is 0 Å². The molecule has 9 rings (SSSR count). The third-order valence-corrected chi connectivity index (χ3v) is 11.4. The summed E-state index contributed by atoms with van der Waals surface area (Å²) in [5.74, 6) is -1.04. The first-order chi connectivity index (χ1) is 15.4. The topological polar surface area (TPSA) is 96.3 Å². The summed E-state index contributed by atoms with van der Waals surface area (Å²) in [5, 5.41) is 24.5. The molecule has 9 aliphatic rings. The third-order valence-electron chi connectivity index (χ3n) is 11.4. The molecule has 12 atom stereocenters. The molecule has 6 saturated carbocycles. The van der Waals surface area contributed by atoms with Crippen molar-refractivity contribution in [3.05, 3.63) is 12.2 Å². The fraction of sp³-hybridized carbons (Fsp3) is 0.846. The second-order valence-electron chi connectivity index (χ2n) is 13.0. The molecule has 0 amide bonds. The number of hydrogen-bond donors (Lipinski definition) is 2. The maximum absolute atomic E-state index is 12.9. The van der Waals surface area contributed by atoms with Crippen LogP contribution < -0.4 is 0 Å². The minimum absolute atomic E-state index is 0.00629. The van der Waals surface area contributed by atoms with Crippen LogP contribution in [0.1, 0.15) is 59.8 Å². The van der Waals surface area contributed by atoms with E-state index in [1.165, 1.54) is 6.92 Å². The first-order valence-corrected chi connectivity index (χ1v) is 12.7. The molecule has 0 radical (unpaired) electrons. The van der Waals surface area contributed by atoms with Crippen molar-refractivity contribution in [2.75, 3.05) is 6.54 Å². The summed E-state index contributed by atoms with van der Waals surface area (Å²) in [4.78, 5) is 27.5. The predicted molar refractivity (Wildman–Crippen MR) is 116 cm³/mol. The summed E-state index contributed by atoms with van der Waals surface area (Å²) in [6, 6.07) is 0.111. The minimum atomic E-state index is -1.42. The molecule has 3 heterocycles. The highest BCUT2D eigenvalue weighted by atomic mass is 16.6. The number of carbonyl (C=O) groups is 2. The van der Waals surface area contributed by atoms with Gasteiger partial charge >= 0.3 is 11.9 Å². The van der Waals surface area contributed by atoms with Gasteiger partial charge in [0.1, 0.15) is 23.5 Å². The van der Waals surface area contributed by atoms with Crippen molar-refractivity contribution in [2.24, 2.45) is 39.9 Å². The maximum Gasteiger partial charge on any atom is 0.308 e. The van der Waals surface area contributed by atoms with E-state index in [0.29, 0.717) is 18.4 Å². The zero-order valence-electron chi connectivity index (χ0n) is 20.0. The molecule has 3 saturated heterocycles. The second kappa shape index (κ2) is 5.52. The molecule has 9 fully saturated rings. The molecule has 2 N–H and O–H groups in total. The number of piperidine rings is 2. The Morgan fingerprint density at radius 2 is 1.91 bits per heavy atom. The fourth-order valence-electron chi connectivity index (χ4n) is 11.3. The Labute approximate surface area is 194 Å². The number of nitrogens with zero attached hydrogens (tertiary/aromatic N) is 1. The molecular formula is C26H35NO6. The fourth-order valence-corrected chi connectivity index (χ4v) is 11.3. The Bertz CT molecular complexity index is 1030. The highest BCUT2D eigenvalue weighted by molar-refractivity contribution is 5.72. The molecule has 180 valence electrons. The number of hydrogen-bond acceptors (Lipinski definition) is 7. The van der Waals surface area contributed by atoms with E-state index in [0.717, 1.165) is 25.8 Å². The van der Waals surface area contributed by atoms with Crippen LogP contribution in [0.2, 0.25) is 0 Å². The monoisotopic (exact) mass is 457 g/mol. The van der Waals surface area contributed by atoms with E-state index in [1.807, 2.05) is 0 Å². The lowest BCUT2D eigenvalue weighted by atomic mass is 9.38. The molecule has 3 aliphatic heterocycles. The summed E-state index contributed by atoms with van der Waals surface area (Å²) in [7, 11) is 0. The molecule has 33 heavy (non-hydrogen) atoms. The molecule has 7 nitrogen and oxygen atoms in total. The van der Waals surface area contributed by atoms with E-state index in [2.05, 4.69) is 18.4 Å². The third kappa shape index (κ3) is 1.83. The number of aliphatic hydroxyl groups is 2. The average molecular weight is 458 g/mol. The van der Waals surface area contributed by atoms with Gasteiger partial charge < -0.3 is 19.7 Å². The van der Waals surface area contributed by atoms with E-state index < -0.39 is 34.9 Å². The van der Waals surface area contributed by atoms with Gasteiger partial charge in [0, 0.05) is 48.6 Å². The van der Waals surface area contributed by atoms with Crippen LogP contribution in [0.4, 0.5) is 0 Å². The zero-order chi connectivity index (χ0) is 23.5. The zero-order valence-corrected chi connectivity index (χ0v) is 20.0. The van der Waals surface area contributed by atoms with Crippen LogP contribution in [0, 0.1) is 39.9 Å². The van der Waals surface area contributed by atoms with Crippen molar-refractivity contribution >= 4 is 11.9 Å². The average Bonchev–Trinajstić information content (AvgIpc) is 3.08. The highest BCUT2D eigenvalue weighted by Crippen LogP contribution is 2.89. The van der Waals surface area contributed by atoms with Gasteiger partial charge in [-0.1, -0.05) is 33.8 Å². The molecule has 2 spiro atoms. The predicted octanol–water partition coefficient (Wildman–Crippen LogP) is 2.01. The van der Waals surface area contributed by atoms with E-state index in [1.54, 1.807) is 13.8 Å². The first-order valence-electron chi connectivity index (χ1n) is 12.7. The molecule has 6 aliphatic carbocycles. The van der Waals surface area contributed by atoms with Crippen molar-refractivity contribution in [1.82, 2.24) is 4.90 Å². The molecule has 9 bridgehead atoms. The van der Waals surface area contributed by atoms with Crippen molar-refractivity contribution in [3.63, 3.8) is 0 Å². The van der Waals surface area contributed by atoms with Crippen molar-refractivity contribution in [1.29, 1.82) is 0 Å². The van der Waals surface area contributed by atoms with Crippen LogP contribution in [-0.2, 0) is 19.1 Å². The minimum Gasteiger partial charge on any atom is -0.459 e. The normalized spacial score (nSPS) is 60.6. The van der Waals surface area contributed by atoms with E-state index in [9.17, 15) is 19.8 Å². The van der Waals surface area contributed by atoms with E-state index in [4.69, 9.17) is 9.47 Å². The van der Waals surface area contributed by atoms with E-state index in [-0.39, 0.29) is 46.5 Å². The SMILES string of the molecule is C=C1C(OC(=O)C(C)C)C23CC4(O)C5C6(C)CCCC57C(C2CC1(O)C(OC(C)=O)C37)N4C6. The molecule has 12 unspecified atom stereocenters. The van der Waals surface area contributed by atoms with Gasteiger partial charge in [-0.25, -0.2) is 0 Å². The van der Waals surface area contributed by atoms with Crippen LogP contribution in [0.5, 0.6) is 0 Å². The highest BCUT2D eigenvalue weighted by Gasteiger charge is 2.95. The summed E-state index contributed by atoms with van der Waals surface area (Å²) < 4.78 is 12.2. The summed E-state index contributed by atoms with van der Waals surface area (Å²) in [6.45, 7) is 12.4. The van der Waals surface area contributed by atoms with Gasteiger partial charge in [-0.05, 0) is 36.2 Å². The number of esters is 2. The number of ether oxygens (including phenoxy) is 2. The van der Waals surface area contributed by atoms with Crippen molar-refractivity contribution in [2.45, 2.75) is 89.4 Å². The van der Waals surface area contributed by atoms with Gasteiger partial charge in [-0.3, -0.25) is 14.5 Å². The largest absolute Gasteiger partial charge is 0.459 e. The lowest BCUT2D eigenvalue weighted by Crippen LogP contribution is -2.77. The Morgan fingerprint density at radius 3 is 2.58 bits per heavy atom. The van der Waals surface area contributed by atoms with Crippen molar-refractivity contribution in [3.8, 4) is 0 Å². The standard InChI is InChI=1S/C26H35NO6/c1-12(2)20(29)33-18-13(3)25(30)9-15-17-23-8-6-7-22(5)11-27(17)26(31,21(22)23)10-24(15,18)16(23)19(25)32-14(4)28/h12,15-19,21,30-31H,3,6-11H2,1-2,4-5H3. The first kappa shape index (κ1) is 20.9. The molecule has 7 heteroatoms. The van der Waals surface area contributed by atoms with Crippen LogP contribution in [0.25, 0.3) is 0 Å². The number of rotatable bonds is 3. The van der Waals surface area contributed by atoms with Crippen LogP contribution >= 0.6 is 0 Å². The second-order valence-corrected chi connectivity index (χ2v) is 13.0. The Kier molecular flexibility index (Phi) is 3.49. The summed E-state index contributed by atoms with van der Waals surface area (Å²) >= 11 is 0. The van der Waals surface area contributed by atoms with E-state index >= 15 is 0 Å². The number of carbonyl (C=O) groups excluding carboxylic acids is 2.